The van der Waals surface area contributed by atoms with Crippen LogP contribution in [0.15, 0.2) is 0 Å². The standard InChI is InChI=1S/C16H35O4P.C5H11Cl.C3H7NO/c1-5-9-11-15(7-3)13-19-21(17,18)20-14-16(8-4)12-10-6-2;1-2-3-4-5-6;1-4(2)3-5/h15-16H,5-14H2,1-4H3,(H,17,18);2-5H2,1H3;3H,1-2H3. The van der Waals surface area contributed by atoms with Crippen molar-refractivity contribution in [1.29, 1.82) is 0 Å². The third-order valence-electron chi connectivity index (χ3n) is 4.98. The molecule has 0 aliphatic heterocycles. The summed E-state index contributed by atoms with van der Waals surface area (Å²) in [5.74, 6) is 1.51. The normalized spacial score (nSPS) is 14.2. The van der Waals surface area contributed by atoms with E-state index in [2.05, 4.69) is 34.6 Å². The average Bonchev–Trinajstić information content (AvgIpc) is 2.78. The number of phosphoric acid groups is 1. The van der Waals surface area contributed by atoms with Gasteiger partial charge in [0.2, 0.25) is 6.41 Å². The molecule has 196 valence electrons. The van der Waals surface area contributed by atoms with Gasteiger partial charge >= 0.3 is 7.82 Å². The summed E-state index contributed by atoms with van der Waals surface area (Å²) in [4.78, 5) is 20.6. The van der Waals surface area contributed by atoms with Crippen molar-refractivity contribution in [3.05, 3.63) is 0 Å². The van der Waals surface area contributed by atoms with E-state index in [4.69, 9.17) is 20.6 Å². The lowest BCUT2D eigenvalue weighted by Crippen LogP contribution is -2.12. The molecule has 0 saturated carbocycles. The van der Waals surface area contributed by atoms with E-state index >= 15 is 0 Å². The quantitative estimate of drug-likeness (QED) is 0.0901. The molecule has 2 atom stereocenters. The van der Waals surface area contributed by atoms with Crippen LogP contribution >= 0.6 is 19.4 Å². The first-order valence-corrected chi connectivity index (χ1v) is 14.5. The fourth-order valence-corrected chi connectivity index (χ4v) is 3.64. The highest BCUT2D eigenvalue weighted by molar-refractivity contribution is 7.47. The van der Waals surface area contributed by atoms with Crippen molar-refractivity contribution >= 4 is 25.8 Å². The van der Waals surface area contributed by atoms with Crippen LogP contribution in [-0.2, 0) is 18.4 Å². The first kappa shape index (κ1) is 36.4. The van der Waals surface area contributed by atoms with Gasteiger partial charge in [0.1, 0.15) is 0 Å². The molecule has 32 heavy (non-hydrogen) atoms. The Morgan fingerprint density at radius 2 is 1.22 bits per heavy atom. The minimum Gasteiger partial charge on any atom is -0.351 e. The van der Waals surface area contributed by atoms with Crippen molar-refractivity contribution < 1.29 is 23.3 Å². The van der Waals surface area contributed by atoms with E-state index in [-0.39, 0.29) is 0 Å². The van der Waals surface area contributed by atoms with E-state index in [0.717, 1.165) is 63.7 Å². The van der Waals surface area contributed by atoms with Crippen molar-refractivity contribution in [2.24, 2.45) is 11.8 Å². The Bertz CT molecular complexity index is 399. The maximum absolute atomic E-state index is 11.9. The summed E-state index contributed by atoms with van der Waals surface area (Å²) in [5, 5.41) is 0. The molecule has 0 aliphatic rings. The first-order valence-electron chi connectivity index (χ1n) is 12.5. The summed E-state index contributed by atoms with van der Waals surface area (Å²) in [6, 6.07) is 0. The van der Waals surface area contributed by atoms with Crippen LogP contribution in [0.1, 0.15) is 105 Å². The smallest absolute Gasteiger partial charge is 0.351 e. The molecular formula is C24H53ClNO5P. The predicted molar refractivity (Wildman–Crippen MR) is 138 cm³/mol. The van der Waals surface area contributed by atoms with Crippen LogP contribution in [0.2, 0.25) is 0 Å². The zero-order valence-electron chi connectivity index (χ0n) is 22.0. The van der Waals surface area contributed by atoms with Gasteiger partial charge in [0.15, 0.2) is 0 Å². The summed E-state index contributed by atoms with van der Waals surface area (Å²) in [6.45, 7) is 11.3. The van der Waals surface area contributed by atoms with E-state index in [1.807, 2.05) is 0 Å². The number of hydrogen-bond donors (Lipinski definition) is 1. The van der Waals surface area contributed by atoms with Crippen LogP contribution in [-0.4, -0.2) is 49.4 Å². The van der Waals surface area contributed by atoms with Crippen molar-refractivity contribution in [2.45, 2.75) is 105 Å². The van der Waals surface area contributed by atoms with E-state index in [1.165, 1.54) is 24.2 Å². The van der Waals surface area contributed by atoms with Crippen LogP contribution in [0.25, 0.3) is 0 Å². The highest BCUT2D eigenvalue weighted by Crippen LogP contribution is 2.44. The van der Waals surface area contributed by atoms with Crippen LogP contribution < -0.4 is 0 Å². The highest BCUT2D eigenvalue weighted by Gasteiger charge is 2.24. The summed E-state index contributed by atoms with van der Waals surface area (Å²) >= 11 is 5.38. The van der Waals surface area contributed by atoms with Crippen molar-refractivity contribution in [3.63, 3.8) is 0 Å². The van der Waals surface area contributed by atoms with Crippen LogP contribution in [0.5, 0.6) is 0 Å². The molecule has 0 aliphatic carbocycles. The zero-order valence-corrected chi connectivity index (χ0v) is 23.6. The van der Waals surface area contributed by atoms with E-state index in [0.29, 0.717) is 25.0 Å². The van der Waals surface area contributed by atoms with Gasteiger partial charge in [-0.05, 0) is 31.1 Å². The predicted octanol–water partition coefficient (Wildman–Crippen LogP) is 7.67. The number of amides is 1. The average molecular weight is 502 g/mol. The third-order valence-corrected chi connectivity index (χ3v) is 6.20. The first-order chi connectivity index (χ1) is 15.2. The van der Waals surface area contributed by atoms with Gasteiger partial charge in [0.05, 0.1) is 13.2 Å². The maximum atomic E-state index is 11.9. The number of rotatable bonds is 18. The van der Waals surface area contributed by atoms with Crippen molar-refractivity contribution in [2.75, 3.05) is 33.2 Å². The minimum absolute atomic E-state index is 0.316. The summed E-state index contributed by atoms with van der Waals surface area (Å²) in [6.07, 6.45) is 13.0. The summed E-state index contributed by atoms with van der Waals surface area (Å²) in [5.41, 5.74) is 0. The Kier molecular flexibility index (Phi) is 30.9. The lowest BCUT2D eigenvalue weighted by molar-refractivity contribution is -0.115. The Balaban J connectivity index is -0.000000626. The Morgan fingerprint density at radius 1 is 0.844 bits per heavy atom. The van der Waals surface area contributed by atoms with Crippen LogP contribution in [0.3, 0.4) is 0 Å². The number of alkyl halides is 1. The minimum atomic E-state index is -3.89. The lowest BCUT2D eigenvalue weighted by atomic mass is 10.0. The molecule has 2 unspecified atom stereocenters. The largest absolute Gasteiger partial charge is 0.472 e. The number of halogens is 1. The third kappa shape index (κ3) is 29.9. The number of carbonyl (C=O) groups is 1. The molecule has 0 rings (SSSR count). The molecule has 1 N–H and O–H groups in total. The number of hydrogen-bond acceptors (Lipinski definition) is 4. The van der Waals surface area contributed by atoms with E-state index in [1.54, 1.807) is 14.1 Å². The monoisotopic (exact) mass is 501 g/mol. The van der Waals surface area contributed by atoms with Crippen LogP contribution in [0, 0.1) is 11.8 Å². The molecular weight excluding hydrogens is 449 g/mol. The highest BCUT2D eigenvalue weighted by atomic mass is 35.5. The number of phosphoric ester groups is 1. The molecule has 8 heteroatoms. The second kappa shape index (κ2) is 27.1. The van der Waals surface area contributed by atoms with Gasteiger partial charge in [-0.15, -0.1) is 11.6 Å². The Morgan fingerprint density at radius 3 is 1.44 bits per heavy atom. The molecule has 0 aromatic rings. The molecule has 6 nitrogen and oxygen atoms in total. The van der Waals surface area contributed by atoms with Crippen LogP contribution in [0.4, 0.5) is 0 Å². The second-order valence-electron chi connectivity index (χ2n) is 8.36. The number of carbonyl (C=O) groups excluding carboxylic acids is 1. The van der Waals surface area contributed by atoms with Gasteiger partial charge in [0.25, 0.3) is 0 Å². The fraction of sp³-hybridized carbons (Fsp3) is 0.958. The van der Waals surface area contributed by atoms with Gasteiger partial charge < -0.3 is 9.79 Å². The molecule has 1 amide bonds. The fourth-order valence-electron chi connectivity index (χ4n) is 2.58. The molecule has 0 fully saturated rings. The molecule has 0 aromatic heterocycles. The molecule has 0 spiro atoms. The topological polar surface area (TPSA) is 76.1 Å². The van der Waals surface area contributed by atoms with Gasteiger partial charge in [-0.3, -0.25) is 13.8 Å². The van der Waals surface area contributed by atoms with Gasteiger partial charge in [-0.1, -0.05) is 86.0 Å². The van der Waals surface area contributed by atoms with Gasteiger partial charge in [0, 0.05) is 20.0 Å². The SMILES string of the molecule is CCCCC(CC)COP(=O)(O)OCC(CC)CCCC.CCCCCCl.CN(C)C=O. The Hall–Kier alpha value is -0.130. The number of unbranched alkanes of at least 4 members (excludes halogenated alkanes) is 4. The van der Waals surface area contributed by atoms with Gasteiger partial charge in [-0.2, -0.15) is 0 Å². The molecule has 0 radical (unpaired) electrons. The molecule has 0 heterocycles. The van der Waals surface area contributed by atoms with Crippen molar-refractivity contribution in [1.82, 2.24) is 4.90 Å². The van der Waals surface area contributed by atoms with Crippen molar-refractivity contribution in [3.8, 4) is 0 Å². The molecule has 0 aromatic carbocycles. The number of nitrogens with zero attached hydrogens (tertiary/aromatic N) is 1. The molecule has 0 bridgehead atoms. The van der Waals surface area contributed by atoms with E-state index in [9.17, 15) is 14.3 Å². The van der Waals surface area contributed by atoms with E-state index < -0.39 is 7.82 Å². The zero-order chi connectivity index (χ0) is 25.3. The van der Waals surface area contributed by atoms with Gasteiger partial charge in [-0.25, -0.2) is 4.57 Å². The second-order valence-corrected chi connectivity index (χ2v) is 10.2. The maximum Gasteiger partial charge on any atom is 0.472 e. The Labute approximate surface area is 204 Å². The molecule has 0 saturated heterocycles. The lowest BCUT2D eigenvalue weighted by Gasteiger charge is -2.20. The summed E-state index contributed by atoms with van der Waals surface area (Å²) < 4.78 is 22.2. The summed E-state index contributed by atoms with van der Waals surface area (Å²) in [7, 11) is -0.516.